The Morgan fingerprint density at radius 3 is 2.81 bits per heavy atom. The van der Waals surface area contributed by atoms with Crippen molar-refractivity contribution in [1.82, 2.24) is 30.6 Å². The Morgan fingerprint density at radius 1 is 1.19 bits per heavy atom. The number of hydrogen-bond donors (Lipinski definition) is 2. The molecule has 0 aliphatic heterocycles. The summed E-state index contributed by atoms with van der Waals surface area (Å²) in [6.45, 7) is 2.34. The summed E-state index contributed by atoms with van der Waals surface area (Å²) < 4.78 is 1.70. The van der Waals surface area contributed by atoms with Crippen molar-refractivity contribution < 1.29 is 9.59 Å². The summed E-state index contributed by atoms with van der Waals surface area (Å²) in [5, 5.41) is 14.5. The van der Waals surface area contributed by atoms with Crippen LogP contribution in [0.4, 0.5) is 0 Å². The Bertz CT molecular complexity index is 1040. The summed E-state index contributed by atoms with van der Waals surface area (Å²) in [6.07, 6.45) is 9.43. The highest BCUT2D eigenvalue weighted by Crippen LogP contribution is 2.19. The van der Waals surface area contributed by atoms with Gasteiger partial charge in [-0.1, -0.05) is 30.5 Å². The van der Waals surface area contributed by atoms with Crippen LogP contribution >= 0.6 is 0 Å². The average Bonchev–Trinajstić information content (AvgIpc) is 3.21. The number of fused-ring (bicyclic) bond motifs is 1. The molecule has 1 fully saturated rings. The number of carbonyl (C=O) groups excluding carboxylic acids is 2. The van der Waals surface area contributed by atoms with Gasteiger partial charge in [-0.3, -0.25) is 14.6 Å². The lowest BCUT2D eigenvalue weighted by molar-refractivity contribution is -0.122. The summed E-state index contributed by atoms with van der Waals surface area (Å²) in [5.41, 5.74) is 3.01. The van der Waals surface area contributed by atoms with Crippen LogP contribution in [0.3, 0.4) is 0 Å². The molecule has 1 aliphatic rings. The molecule has 31 heavy (non-hydrogen) atoms. The first-order chi connectivity index (χ1) is 15.1. The smallest absolute Gasteiger partial charge is 0.251 e. The first-order valence-corrected chi connectivity index (χ1v) is 10.9. The van der Waals surface area contributed by atoms with Crippen molar-refractivity contribution in [3.05, 3.63) is 53.9 Å². The Labute approximate surface area is 181 Å². The van der Waals surface area contributed by atoms with E-state index in [1.54, 1.807) is 29.2 Å². The standard InChI is InChI=1S/C23H28N6O2/c1-16(18-6-5-12-24-15-18)25-22(30)11-13-29-21-10-9-17(14-20(21)27-28-29)23(31)26-19-7-3-2-4-8-19/h5-6,9-10,12,14-16,19H,2-4,7-8,11,13H2,1H3,(H,25,30)(H,26,31). The summed E-state index contributed by atoms with van der Waals surface area (Å²) in [4.78, 5) is 29.0. The molecule has 1 saturated carbocycles. The van der Waals surface area contributed by atoms with Gasteiger partial charge in [0.05, 0.1) is 18.1 Å². The van der Waals surface area contributed by atoms with E-state index in [9.17, 15) is 9.59 Å². The van der Waals surface area contributed by atoms with Gasteiger partial charge in [0.1, 0.15) is 5.52 Å². The van der Waals surface area contributed by atoms with E-state index in [1.807, 2.05) is 25.1 Å². The van der Waals surface area contributed by atoms with Crippen molar-refractivity contribution in [2.24, 2.45) is 0 Å². The molecule has 1 atom stereocenters. The zero-order valence-electron chi connectivity index (χ0n) is 17.8. The molecule has 1 unspecified atom stereocenters. The first kappa shape index (κ1) is 21.0. The highest BCUT2D eigenvalue weighted by Gasteiger charge is 2.18. The molecule has 8 nitrogen and oxygen atoms in total. The molecule has 162 valence electrons. The van der Waals surface area contributed by atoms with E-state index in [0.717, 1.165) is 23.9 Å². The van der Waals surface area contributed by atoms with E-state index in [4.69, 9.17) is 0 Å². The molecule has 2 N–H and O–H groups in total. The maximum atomic E-state index is 12.6. The van der Waals surface area contributed by atoms with Crippen LogP contribution in [-0.2, 0) is 11.3 Å². The second-order valence-electron chi connectivity index (χ2n) is 8.15. The Balaban J connectivity index is 1.34. The number of nitrogens with one attached hydrogen (secondary N) is 2. The number of nitrogens with zero attached hydrogens (tertiary/aromatic N) is 4. The number of aromatic nitrogens is 4. The first-order valence-electron chi connectivity index (χ1n) is 10.9. The van der Waals surface area contributed by atoms with Gasteiger partial charge in [-0.15, -0.1) is 5.10 Å². The molecule has 0 saturated heterocycles. The molecular weight excluding hydrogens is 392 g/mol. The molecule has 3 aromatic rings. The van der Waals surface area contributed by atoms with E-state index >= 15 is 0 Å². The van der Waals surface area contributed by atoms with Crippen molar-refractivity contribution in [1.29, 1.82) is 0 Å². The minimum absolute atomic E-state index is 0.0629. The summed E-state index contributed by atoms with van der Waals surface area (Å²) in [6, 6.07) is 9.35. The van der Waals surface area contributed by atoms with Crippen molar-refractivity contribution in [2.45, 2.75) is 64.1 Å². The van der Waals surface area contributed by atoms with Gasteiger partial charge in [-0.2, -0.15) is 0 Å². The molecule has 1 aromatic carbocycles. The van der Waals surface area contributed by atoms with Crippen molar-refractivity contribution in [2.75, 3.05) is 0 Å². The highest BCUT2D eigenvalue weighted by molar-refractivity contribution is 5.97. The molecule has 0 spiro atoms. The number of carbonyl (C=O) groups is 2. The van der Waals surface area contributed by atoms with E-state index in [1.165, 1.54) is 19.3 Å². The Hall–Kier alpha value is -3.29. The molecule has 2 heterocycles. The molecule has 2 aromatic heterocycles. The van der Waals surface area contributed by atoms with Crippen molar-refractivity contribution >= 4 is 22.8 Å². The van der Waals surface area contributed by atoms with Gasteiger partial charge in [0.15, 0.2) is 0 Å². The summed E-state index contributed by atoms with van der Waals surface area (Å²) in [7, 11) is 0. The minimum atomic E-state index is -0.112. The van der Waals surface area contributed by atoms with Crippen LogP contribution in [-0.4, -0.2) is 37.8 Å². The number of pyridine rings is 1. The molecule has 1 aliphatic carbocycles. The fourth-order valence-electron chi connectivity index (χ4n) is 4.03. The zero-order valence-corrected chi connectivity index (χ0v) is 17.8. The Kier molecular flexibility index (Phi) is 6.54. The van der Waals surface area contributed by atoms with Gasteiger partial charge in [-0.25, -0.2) is 4.68 Å². The predicted molar refractivity (Wildman–Crippen MR) is 117 cm³/mol. The quantitative estimate of drug-likeness (QED) is 0.611. The van der Waals surface area contributed by atoms with Crippen molar-refractivity contribution in [3.8, 4) is 0 Å². The number of hydrogen-bond acceptors (Lipinski definition) is 5. The van der Waals surface area contributed by atoms with Crippen LogP contribution in [0.5, 0.6) is 0 Å². The topological polar surface area (TPSA) is 102 Å². The lowest BCUT2D eigenvalue weighted by atomic mass is 9.95. The highest BCUT2D eigenvalue weighted by atomic mass is 16.2. The summed E-state index contributed by atoms with van der Waals surface area (Å²) in [5.74, 6) is -0.129. The van der Waals surface area contributed by atoms with Gasteiger partial charge >= 0.3 is 0 Å². The Morgan fingerprint density at radius 2 is 2.03 bits per heavy atom. The molecular formula is C23H28N6O2. The molecule has 0 radical (unpaired) electrons. The number of benzene rings is 1. The maximum absolute atomic E-state index is 12.6. The van der Waals surface area contributed by atoms with Gasteiger partial charge in [0, 0.05) is 30.4 Å². The lowest BCUT2D eigenvalue weighted by Gasteiger charge is -2.22. The average molecular weight is 421 g/mol. The van der Waals surface area contributed by atoms with Crippen LogP contribution in [0.25, 0.3) is 11.0 Å². The van der Waals surface area contributed by atoms with Gasteiger partial charge in [0.2, 0.25) is 5.91 Å². The lowest BCUT2D eigenvalue weighted by Crippen LogP contribution is -2.36. The second-order valence-corrected chi connectivity index (χ2v) is 8.15. The normalized spacial score (nSPS) is 15.5. The zero-order chi connectivity index (χ0) is 21.6. The van der Waals surface area contributed by atoms with Gasteiger partial charge in [-0.05, 0) is 49.6 Å². The van der Waals surface area contributed by atoms with E-state index in [2.05, 4.69) is 25.9 Å². The molecule has 0 bridgehead atoms. The van der Waals surface area contributed by atoms with Gasteiger partial charge < -0.3 is 10.6 Å². The summed E-state index contributed by atoms with van der Waals surface area (Å²) >= 11 is 0. The minimum Gasteiger partial charge on any atom is -0.349 e. The fourth-order valence-corrected chi connectivity index (χ4v) is 4.03. The molecule has 4 rings (SSSR count). The van der Waals surface area contributed by atoms with E-state index in [0.29, 0.717) is 17.6 Å². The number of rotatable bonds is 7. The number of amides is 2. The van der Waals surface area contributed by atoms with Crippen LogP contribution in [0.2, 0.25) is 0 Å². The molecule has 8 heteroatoms. The third-order valence-corrected chi connectivity index (χ3v) is 5.83. The largest absolute Gasteiger partial charge is 0.349 e. The maximum Gasteiger partial charge on any atom is 0.251 e. The second kappa shape index (κ2) is 9.68. The van der Waals surface area contributed by atoms with Crippen LogP contribution < -0.4 is 10.6 Å². The van der Waals surface area contributed by atoms with Crippen LogP contribution in [0, 0.1) is 0 Å². The third-order valence-electron chi connectivity index (χ3n) is 5.83. The SMILES string of the molecule is CC(NC(=O)CCn1nnc2cc(C(=O)NC3CCCCC3)ccc21)c1cccnc1. The monoisotopic (exact) mass is 420 g/mol. The number of aryl methyl sites for hydroxylation is 1. The predicted octanol–water partition coefficient (Wildman–Crippen LogP) is 3.16. The van der Waals surface area contributed by atoms with Crippen LogP contribution in [0.1, 0.15) is 67.4 Å². The van der Waals surface area contributed by atoms with Crippen LogP contribution in [0.15, 0.2) is 42.7 Å². The van der Waals surface area contributed by atoms with E-state index < -0.39 is 0 Å². The molecule has 2 amide bonds. The fraction of sp³-hybridized carbons (Fsp3) is 0.435. The van der Waals surface area contributed by atoms with Gasteiger partial charge in [0.25, 0.3) is 5.91 Å². The van der Waals surface area contributed by atoms with Crippen molar-refractivity contribution in [3.63, 3.8) is 0 Å². The third kappa shape index (κ3) is 5.25. The van der Waals surface area contributed by atoms with E-state index in [-0.39, 0.29) is 30.3 Å².